The van der Waals surface area contributed by atoms with E-state index in [2.05, 4.69) is 10.6 Å². The minimum absolute atomic E-state index is 0.115. The molecule has 1 spiro atoms. The fourth-order valence-electron chi connectivity index (χ4n) is 3.10. The maximum absolute atomic E-state index is 12.0. The summed E-state index contributed by atoms with van der Waals surface area (Å²) in [6, 6.07) is 0.342. The van der Waals surface area contributed by atoms with E-state index >= 15 is 0 Å². The van der Waals surface area contributed by atoms with Crippen LogP contribution in [0.5, 0.6) is 0 Å². The van der Waals surface area contributed by atoms with Crippen molar-refractivity contribution in [1.29, 1.82) is 0 Å². The summed E-state index contributed by atoms with van der Waals surface area (Å²) < 4.78 is 0. The summed E-state index contributed by atoms with van der Waals surface area (Å²) >= 11 is 0. The molecule has 1 atom stereocenters. The lowest BCUT2D eigenvalue weighted by Gasteiger charge is -2.45. The van der Waals surface area contributed by atoms with Gasteiger partial charge in [-0.3, -0.25) is 0 Å². The largest absolute Gasteiger partial charge is 0.336 e. The van der Waals surface area contributed by atoms with Crippen LogP contribution in [-0.2, 0) is 0 Å². The Morgan fingerprint density at radius 1 is 1.35 bits per heavy atom. The Bertz CT molecular complexity index is 266. The van der Waals surface area contributed by atoms with Gasteiger partial charge in [-0.2, -0.15) is 0 Å². The summed E-state index contributed by atoms with van der Waals surface area (Å²) in [7, 11) is 0. The summed E-state index contributed by atoms with van der Waals surface area (Å²) in [6.45, 7) is 8.09. The van der Waals surface area contributed by atoms with Crippen LogP contribution in [-0.4, -0.2) is 43.2 Å². The van der Waals surface area contributed by atoms with Crippen LogP contribution in [0.4, 0.5) is 4.79 Å². The number of hydrogen-bond acceptors (Lipinski definition) is 2. The number of carbonyl (C=O) groups excluding carboxylic acids is 1. The molecule has 0 aromatic rings. The number of likely N-dealkylation sites (tertiary alicyclic amines) is 1. The number of nitrogens with zero attached hydrogens (tertiary/aromatic N) is 1. The second-order valence-electron chi connectivity index (χ2n) is 5.91. The molecule has 0 bridgehead atoms. The van der Waals surface area contributed by atoms with Gasteiger partial charge in [0, 0.05) is 31.1 Å². The van der Waals surface area contributed by atoms with E-state index in [4.69, 9.17) is 0 Å². The van der Waals surface area contributed by atoms with Crippen LogP contribution in [0.2, 0.25) is 0 Å². The van der Waals surface area contributed by atoms with Crippen LogP contribution >= 0.6 is 0 Å². The molecule has 2 amide bonds. The molecule has 1 unspecified atom stereocenters. The van der Waals surface area contributed by atoms with E-state index in [1.165, 1.54) is 19.3 Å². The molecule has 2 rings (SSSR count). The zero-order valence-corrected chi connectivity index (χ0v) is 11.1. The minimum Gasteiger partial charge on any atom is -0.336 e. The summed E-state index contributed by atoms with van der Waals surface area (Å²) in [5.74, 6) is 0. The summed E-state index contributed by atoms with van der Waals surface area (Å²) in [6.07, 6.45) is 4.93. The maximum atomic E-state index is 12.0. The van der Waals surface area contributed by atoms with Crippen molar-refractivity contribution in [1.82, 2.24) is 15.5 Å². The van der Waals surface area contributed by atoms with Crippen LogP contribution in [0.25, 0.3) is 0 Å². The number of amides is 2. The Morgan fingerprint density at radius 3 is 2.76 bits per heavy atom. The molecule has 2 aliphatic heterocycles. The molecule has 0 aliphatic carbocycles. The van der Waals surface area contributed by atoms with Gasteiger partial charge in [-0.1, -0.05) is 0 Å². The molecular formula is C13H25N3O. The van der Waals surface area contributed by atoms with Crippen molar-refractivity contribution >= 4 is 6.03 Å². The first-order valence-electron chi connectivity index (χ1n) is 6.87. The zero-order valence-electron chi connectivity index (χ0n) is 11.1. The Morgan fingerprint density at radius 2 is 2.12 bits per heavy atom. The molecular weight excluding hydrogens is 214 g/mol. The number of nitrogens with one attached hydrogen (secondary N) is 2. The van der Waals surface area contributed by atoms with Gasteiger partial charge >= 0.3 is 6.03 Å². The average molecular weight is 239 g/mol. The SMILES string of the molecule is CC(C)NC(=O)N1CCCC2(CCCNC2)C1. The Balaban J connectivity index is 1.94. The molecule has 0 aromatic heterocycles. The maximum Gasteiger partial charge on any atom is 0.317 e. The zero-order chi connectivity index (χ0) is 12.3. The van der Waals surface area contributed by atoms with E-state index in [0.29, 0.717) is 5.41 Å². The summed E-state index contributed by atoms with van der Waals surface area (Å²) in [5, 5.41) is 6.49. The minimum atomic E-state index is 0.115. The summed E-state index contributed by atoms with van der Waals surface area (Å²) in [4.78, 5) is 14.0. The van der Waals surface area contributed by atoms with Crippen molar-refractivity contribution in [2.45, 2.75) is 45.6 Å². The number of rotatable bonds is 1. The third-order valence-electron chi connectivity index (χ3n) is 3.92. The second kappa shape index (κ2) is 5.25. The molecule has 98 valence electrons. The van der Waals surface area contributed by atoms with E-state index in [9.17, 15) is 4.79 Å². The fourth-order valence-corrected chi connectivity index (χ4v) is 3.10. The van der Waals surface area contributed by atoms with E-state index in [1.807, 2.05) is 18.7 Å². The predicted molar refractivity (Wildman–Crippen MR) is 69.0 cm³/mol. The highest BCUT2D eigenvalue weighted by atomic mass is 16.2. The molecule has 4 heteroatoms. The van der Waals surface area contributed by atoms with Gasteiger partial charge in [-0.25, -0.2) is 4.79 Å². The van der Waals surface area contributed by atoms with Crippen LogP contribution in [0, 0.1) is 5.41 Å². The van der Waals surface area contributed by atoms with Crippen LogP contribution in [0.3, 0.4) is 0 Å². The lowest BCUT2D eigenvalue weighted by molar-refractivity contribution is 0.0807. The highest BCUT2D eigenvalue weighted by Gasteiger charge is 2.37. The van der Waals surface area contributed by atoms with Gasteiger partial charge in [0.25, 0.3) is 0 Å². The molecule has 2 saturated heterocycles. The Kier molecular flexibility index (Phi) is 3.92. The Labute approximate surface area is 104 Å². The Hall–Kier alpha value is -0.770. The molecule has 2 fully saturated rings. The number of hydrogen-bond donors (Lipinski definition) is 2. The smallest absolute Gasteiger partial charge is 0.317 e. The first-order chi connectivity index (χ1) is 8.11. The number of urea groups is 1. The van der Waals surface area contributed by atoms with Crippen molar-refractivity contribution < 1.29 is 4.79 Å². The van der Waals surface area contributed by atoms with Crippen molar-refractivity contribution in [3.63, 3.8) is 0 Å². The standard InChI is InChI=1S/C13H25N3O/c1-11(2)15-12(17)16-8-4-6-13(10-16)5-3-7-14-9-13/h11,14H,3-10H2,1-2H3,(H,15,17). The highest BCUT2D eigenvalue weighted by Crippen LogP contribution is 2.35. The van der Waals surface area contributed by atoms with Crippen LogP contribution in [0.1, 0.15) is 39.5 Å². The third kappa shape index (κ3) is 3.12. The van der Waals surface area contributed by atoms with Gasteiger partial charge < -0.3 is 15.5 Å². The highest BCUT2D eigenvalue weighted by molar-refractivity contribution is 5.74. The third-order valence-corrected chi connectivity index (χ3v) is 3.92. The van der Waals surface area contributed by atoms with Crippen LogP contribution < -0.4 is 10.6 Å². The lowest BCUT2D eigenvalue weighted by Crippen LogP contribution is -2.55. The molecule has 4 nitrogen and oxygen atoms in total. The van der Waals surface area contributed by atoms with E-state index < -0.39 is 0 Å². The molecule has 0 aromatic carbocycles. The lowest BCUT2D eigenvalue weighted by atomic mass is 9.74. The average Bonchev–Trinajstić information content (AvgIpc) is 2.29. The molecule has 2 aliphatic rings. The van der Waals surface area contributed by atoms with Crippen molar-refractivity contribution in [2.24, 2.45) is 5.41 Å². The molecule has 2 heterocycles. The summed E-state index contributed by atoms with van der Waals surface area (Å²) in [5.41, 5.74) is 0.352. The molecule has 0 saturated carbocycles. The van der Waals surface area contributed by atoms with E-state index in [0.717, 1.165) is 32.6 Å². The molecule has 0 radical (unpaired) electrons. The van der Waals surface area contributed by atoms with Gasteiger partial charge in [0.2, 0.25) is 0 Å². The fraction of sp³-hybridized carbons (Fsp3) is 0.923. The first-order valence-corrected chi connectivity index (χ1v) is 6.87. The second-order valence-corrected chi connectivity index (χ2v) is 5.91. The van der Waals surface area contributed by atoms with E-state index in [1.54, 1.807) is 0 Å². The predicted octanol–water partition coefficient (Wildman–Crippen LogP) is 1.57. The number of carbonyl (C=O) groups is 1. The quantitative estimate of drug-likeness (QED) is 0.729. The monoisotopic (exact) mass is 239 g/mol. The van der Waals surface area contributed by atoms with Crippen molar-refractivity contribution in [3.05, 3.63) is 0 Å². The van der Waals surface area contributed by atoms with Crippen LogP contribution in [0.15, 0.2) is 0 Å². The van der Waals surface area contributed by atoms with Gasteiger partial charge in [-0.15, -0.1) is 0 Å². The van der Waals surface area contributed by atoms with Crippen molar-refractivity contribution in [2.75, 3.05) is 26.2 Å². The molecule has 17 heavy (non-hydrogen) atoms. The van der Waals surface area contributed by atoms with Crippen molar-refractivity contribution in [3.8, 4) is 0 Å². The normalized spacial score (nSPS) is 29.7. The van der Waals surface area contributed by atoms with Gasteiger partial charge in [0.1, 0.15) is 0 Å². The number of piperidine rings is 2. The van der Waals surface area contributed by atoms with E-state index in [-0.39, 0.29) is 12.1 Å². The molecule has 2 N–H and O–H groups in total. The van der Waals surface area contributed by atoms with Gasteiger partial charge in [0.05, 0.1) is 0 Å². The van der Waals surface area contributed by atoms with Gasteiger partial charge in [0.15, 0.2) is 0 Å². The van der Waals surface area contributed by atoms with Gasteiger partial charge in [-0.05, 0) is 46.1 Å². The first kappa shape index (κ1) is 12.7. The topological polar surface area (TPSA) is 44.4 Å².